The largest absolute Gasteiger partial charge is 0.507 e. The number of likely N-dealkylation sites (tertiary alicyclic amines) is 1. The van der Waals surface area contributed by atoms with Gasteiger partial charge in [-0.1, -0.05) is 41.9 Å². The maximum Gasteiger partial charge on any atom is 0.295 e. The van der Waals surface area contributed by atoms with E-state index < -0.39 is 23.5 Å². The summed E-state index contributed by atoms with van der Waals surface area (Å²) in [6, 6.07) is 11.8. The van der Waals surface area contributed by atoms with Gasteiger partial charge in [0.05, 0.1) is 11.6 Å². The van der Waals surface area contributed by atoms with E-state index in [0.29, 0.717) is 18.7 Å². The normalized spacial score (nSPS) is 18.4. The maximum atomic E-state index is 13.3. The highest BCUT2D eigenvalue weighted by Crippen LogP contribution is 2.39. The second-order valence-electron chi connectivity index (χ2n) is 7.08. The Labute approximate surface area is 183 Å². The minimum atomic E-state index is -0.735. The molecule has 1 atom stereocenters. The fourth-order valence-electron chi connectivity index (χ4n) is 3.69. The average molecular weight is 475 g/mol. The first-order chi connectivity index (χ1) is 14.4. The molecule has 3 rings (SSSR count). The van der Waals surface area contributed by atoms with Gasteiger partial charge in [0.2, 0.25) is 0 Å². The molecule has 30 heavy (non-hydrogen) atoms. The molecule has 1 heterocycles. The number of rotatable bonds is 7. The van der Waals surface area contributed by atoms with E-state index in [9.17, 15) is 19.1 Å². The Morgan fingerprint density at radius 2 is 1.80 bits per heavy atom. The van der Waals surface area contributed by atoms with Gasteiger partial charge in [0.15, 0.2) is 0 Å². The lowest BCUT2D eigenvalue weighted by Crippen LogP contribution is -2.38. The number of carbonyl (C=O) groups is 2. The smallest absolute Gasteiger partial charge is 0.295 e. The summed E-state index contributed by atoms with van der Waals surface area (Å²) in [6.45, 7) is 6.70. The van der Waals surface area contributed by atoms with E-state index in [1.165, 1.54) is 29.2 Å². The summed E-state index contributed by atoms with van der Waals surface area (Å²) < 4.78 is 14.1. The minimum Gasteiger partial charge on any atom is -0.507 e. The second-order valence-corrected chi connectivity index (χ2v) is 8.00. The number of benzene rings is 2. The van der Waals surface area contributed by atoms with E-state index in [2.05, 4.69) is 20.8 Å². The van der Waals surface area contributed by atoms with Crippen LogP contribution in [0.15, 0.2) is 58.6 Å². The van der Waals surface area contributed by atoms with E-state index in [4.69, 9.17) is 0 Å². The van der Waals surface area contributed by atoms with Crippen molar-refractivity contribution in [2.45, 2.75) is 19.9 Å². The van der Waals surface area contributed by atoms with Gasteiger partial charge >= 0.3 is 0 Å². The zero-order valence-corrected chi connectivity index (χ0v) is 18.5. The Morgan fingerprint density at radius 1 is 1.13 bits per heavy atom. The SMILES string of the molecule is CCN(CC)CCN1C(=O)C(=O)/C(=C(/O)c2ccc(F)cc2)[C@@H]1c1cccc(Br)c1. The van der Waals surface area contributed by atoms with Crippen molar-refractivity contribution >= 4 is 33.4 Å². The van der Waals surface area contributed by atoms with Crippen LogP contribution < -0.4 is 0 Å². The highest BCUT2D eigenvalue weighted by molar-refractivity contribution is 9.10. The Hall–Kier alpha value is -2.51. The van der Waals surface area contributed by atoms with Crippen molar-refractivity contribution in [3.63, 3.8) is 0 Å². The van der Waals surface area contributed by atoms with Crippen LogP contribution in [-0.2, 0) is 9.59 Å². The summed E-state index contributed by atoms with van der Waals surface area (Å²) in [5.41, 5.74) is 1.02. The Morgan fingerprint density at radius 3 is 2.40 bits per heavy atom. The molecular formula is C23H24BrFN2O3. The summed E-state index contributed by atoms with van der Waals surface area (Å²) in [5, 5.41) is 10.9. The third-order valence-electron chi connectivity index (χ3n) is 5.37. The van der Waals surface area contributed by atoms with Crippen molar-refractivity contribution in [2.75, 3.05) is 26.2 Å². The molecule has 0 saturated carbocycles. The second kappa shape index (κ2) is 9.53. The van der Waals surface area contributed by atoms with Gasteiger partial charge in [0.25, 0.3) is 11.7 Å². The standard InChI is InChI=1S/C23H24BrFN2O3/c1-3-26(4-2)12-13-27-20(16-6-5-7-17(24)14-16)19(22(29)23(27)30)21(28)15-8-10-18(25)11-9-15/h5-11,14,20,28H,3-4,12-13H2,1-2H3/b21-19+/t20-/m0/s1. The zero-order chi connectivity index (χ0) is 21.8. The third kappa shape index (κ3) is 4.47. The van der Waals surface area contributed by atoms with Crippen LogP contribution in [0.2, 0.25) is 0 Å². The number of likely N-dealkylation sites (N-methyl/N-ethyl adjacent to an activating group) is 1. The molecule has 7 heteroatoms. The van der Waals surface area contributed by atoms with Gasteiger partial charge in [0.1, 0.15) is 11.6 Å². The van der Waals surface area contributed by atoms with Crippen LogP contribution in [-0.4, -0.2) is 52.8 Å². The summed E-state index contributed by atoms with van der Waals surface area (Å²) in [4.78, 5) is 29.5. The molecule has 0 aliphatic carbocycles. The summed E-state index contributed by atoms with van der Waals surface area (Å²) in [6.07, 6.45) is 0. The molecule has 0 radical (unpaired) electrons. The highest BCUT2D eigenvalue weighted by Gasteiger charge is 2.46. The molecule has 1 N–H and O–H groups in total. The topological polar surface area (TPSA) is 60.9 Å². The van der Waals surface area contributed by atoms with Crippen molar-refractivity contribution in [3.8, 4) is 0 Å². The molecular weight excluding hydrogens is 451 g/mol. The fraction of sp³-hybridized carbons (Fsp3) is 0.304. The number of nitrogens with zero attached hydrogens (tertiary/aromatic N) is 2. The van der Waals surface area contributed by atoms with Gasteiger partial charge in [0, 0.05) is 23.1 Å². The van der Waals surface area contributed by atoms with Crippen LogP contribution in [0, 0.1) is 5.82 Å². The molecule has 5 nitrogen and oxygen atoms in total. The number of amides is 1. The molecule has 0 unspecified atom stereocenters. The van der Waals surface area contributed by atoms with Crippen LogP contribution in [0.25, 0.3) is 5.76 Å². The molecule has 1 aliphatic rings. The predicted octanol–water partition coefficient (Wildman–Crippen LogP) is 4.35. The number of aliphatic hydroxyl groups is 1. The summed E-state index contributed by atoms with van der Waals surface area (Å²) >= 11 is 3.44. The molecule has 1 fully saturated rings. The summed E-state index contributed by atoms with van der Waals surface area (Å²) in [5.74, 6) is -2.13. The van der Waals surface area contributed by atoms with Gasteiger partial charge in [-0.3, -0.25) is 9.59 Å². The van der Waals surface area contributed by atoms with Crippen LogP contribution in [0.3, 0.4) is 0 Å². The third-order valence-corrected chi connectivity index (χ3v) is 5.87. The Kier molecular flexibility index (Phi) is 7.05. The summed E-state index contributed by atoms with van der Waals surface area (Å²) in [7, 11) is 0. The highest BCUT2D eigenvalue weighted by atomic mass is 79.9. The Balaban J connectivity index is 2.09. The molecule has 0 aromatic heterocycles. The Bertz CT molecular complexity index is 971. The molecule has 2 aromatic rings. The first kappa shape index (κ1) is 22.2. The van der Waals surface area contributed by atoms with E-state index in [1.807, 2.05) is 38.1 Å². The van der Waals surface area contributed by atoms with Gasteiger partial charge in [-0.15, -0.1) is 0 Å². The number of halogens is 2. The van der Waals surface area contributed by atoms with E-state index in [-0.39, 0.29) is 16.9 Å². The van der Waals surface area contributed by atoms with Crippen LogP contribution >= 0.6 is 15.9 Å². The first-order valence-corrected chi connectivity index (χ1v) is 10.7. The van der Waals surface area contributed by atoms with E-state index >= 15 is 0 Å². The maximum absolute atomic E-state index is 13.3. The lowest BCUT2D eigenvalue weighted by Gasteiger charge is -2.28. The van der Waals surface area contributed by atoms with Gasteiger partial charge in [-0.05, 0) is 55.1 Å². The molecule has 0 spiro atoms. The lowest BCUT2D eigenvalue weighted by atomic mass is 9.95. The van der Waals surface area contributed by atoms with E-state index in [0.717, 1.165) is 17.6 Å². The van der Waals surface area contributed by atoms with Crippen molar-refractivity contribution in [1.82, 2.24) is 9.80 Å². The van der Waals surface area contributed by atoms with Crippen LogP contribution in [0.4, 0.5) is 4.39 Å². The monoisotopic (exact) mass is 474 g/mol. The van der Waals surface area contributed by atoms with Crippen molar-refractivity contribution in [3.05, 3.63) is 75.5 Å². The van der Waals surface area contributed by atoms with Crippen LogP contribution in [0.1, 0.15) is 31.0 Å². The first-order valence-electron chi connectivity index (χ1n) is 9.89. The quantitative estimate of drug-likeness (QED) is 0.368. The molecule has 2 aromatic carbocycles. The molecule has 1 saturated heterocycles. The van der Waals surface area contributed by atoms with Crippen molar-refractivity contribution in [2.24, 2.45) is 0 Å². The predicted molar refractivity (Wildman–Crippen MR) is 117 cm³/mol. The minimum absolute atomic E-state index is 0.0178. The van der Waals surface area contributed by atoms with Crippen molar-refractivity contribution in [1.29, 1.82) is 0 Å². The number of hydrogen-bond donors (Lipinski definition) is 1. The molecule has 0 bridgehead atoms. The van der Waals surface area contributed by atoms with Crippen LogP contribution in [0.5, 0.6) is 0 Å². The van der Waals surface area contributed by atoms with Gasteiger partial charge < -0.3 is 14.9 Å². The molecule has 158 valence electrons. The molecule has 1 amide bonds. The zero-order valence-electron chi connectivity index (χ0n) is 16.9. The number of carbonyl (C=O) groups excluding carboxylic acids is 2. The van der Waals surface area contributed by atoms with E-state index in [1.54, 1.807) is 0 Å². The number of hydrogen-bond acceptors (Lipinski definition) is 4. The number of Topliss-reactive ketones (excluding diaryl/α,β-unsaturated/α-hetero) is 1. The van der Waals surface area contributed by atoms with Gasteiger partial charge in [-0.2, -0.15) is 0 Å². The molecule has 1 aliphatic heterocycles. The number of ketones is 1. The average Bonchev–Trinajstić information content (AvgIpc) is 2.99. The van der Waals surface area contributed by atoms with Crippen molar-refractivity contribution < 1.29 is 19.1 Å². The fourth-order valence-corrected chi connectivity index (χ4v) is 4.10. The number of aliphatic hydroxyl groups excluding tert-OH is 1. The van der Waals surface area contributed by atoms with Gasteiger partial charge in [-0.25, -0.2) is 4.39 Å². The lowest BCUT2D eigenvalue weighted by molar-refractivity contribution is -0.140.